The van der Waals surface area contributed by atoms with E-state index in [1.165, 1.54) is 0 Å². The van der Waals surface area contributed by atoms with Crippen molar-refractivity contribution in [1.29, 1.82) is 5.41 Å². The Morgan fingerprint density at radius 1 is 1.27 bits per heavy atom. The highest BCUT2D eigenvalue weighted by atomic mass is 16.5. The van der Waals surface area contributed by atoms with Gasteiger partial charge in [0, 0.05) is 63.3 Å². The van der Waals surface area contributed by atoms with E-state index in [2.05, 4.69) is 15.4 Å². The van der Waals surface area contributed by atoms with E-state index >= 15 is 0 Å². The van der Waals surface area contributed by atoms with Gasteiger partial charge in [-0.05, 0) is 41.3 Å². The minimum absolute atomic E-state index is 0.110. The van der Waals surface area contributed by atoms with Crippen LogP contribution in [0.3, 0.4) is 0 Å². The molecule has 1 aliphatic heterocycles. The van der Waals surface area contributed by atoms with Crippen molar-refractivity contribution >= 4 is 17.2 Å². The van der Waals surface area contributed by atoms with E-state index in [1.54, 1.807) is 10.8 Å². The molecule has 0 saturated carbocycles. The second-order valence-corrected chi connectivity index (χ2v) is 8.46. The molecule has 1 amide bonds. The van der Waals surface area contributed by atoms with Gasteiger partial charge in [0.15, 0.2) is 0 Å². The molecule has 0 bridgehead atoms. The van der Waals surface area contributed by atoms with Gasteiger partial charge in [-0.2, -0.15) is 5.10 Å². The Morgan fingerprint density at radius 2 is 2.03 bits per heavy atom. The summed E-state index contributed by atoms with van der Waals surface area (Å²) in [6.07, 6.45) is 8.71. The maximum Gasteiger partial charge on any atom is 0.269 e. The third-order valence-corrected chi connectivity index (χ3v) is 5.90. The number of carbonyl (C=O) groups excluding carboxylic acids is 1. The van der Waals surface area contributed by atoms with Crippen molar-refractivity contribution in [3.8, 4) is 11.1 Å². The summed E-state index contributed by atoms with van der Waals surface area (Å²) in [7, 11) is 1.89. The topological polar surface area (TPSA) is 116 Å². The van der Waals surface area contributed by atoms with Crippen molar-refractivity contribution in [3.63, 3.8) is 0 Å². The first-order chi connectivity index (χ1) is 15.9. The van der Waals surface area contributed by atoms with Crippen LogP contribution in [0.2, 0.25) is 0 Å². The molecule has 172 valence electrons. The molecule has 0 aliphatic carbocycles. The molecule has 3 aromatic rings. The molecule has 1 aliphatic rings. The molecule has 0 radical (unpaired) electrons. The Labute approximate surface area is 192 Å². The number of amides is 1. The van der Waals surface area contributed by atoms with Crippen molar-refractivity contribution in [2.45, 2.75) is 24.9 Å². The lowest BCUT2D eigenvalue weighted by molar-refractivity contribution is -0.117. The Morgan fingerprint density at radius 3 is 2.67 bits per heavy atom. The SMILES string of the molecule is Cn1cc(-c2ccc(C/C(=C/C(=N)C(=O)NCC3(O)CCOCC3)c3ccc[nH]3)cc2)cn1. The number of aliphatic hydroxyl groups is 1. The van der Waals surface area contributed by atoms with E-state index in [0.29, 0.717) is 32.5 Å². The lowest BCUT2D eigenvalue weighted by atomic mass is 9.94. The van der Waals surface area contributed by atoms with Gasteiger partial charge in [-0.1, -0.05) is 24.3 Å². The Hall–Kier alpha value is -3.49. The number of hydrogen-bond acceptors (Lipinski definition) is 5. The fraction of sp³-hybridized carbons (Fsp3) is 0.320. The summed E-state index contributed by atoms with van der Waals surface area (Å²) in [5.41, 5.74) is 3.75. The number of carbonyl (C=O) groups is 1. The average molecular weight is 448 g/mol. The van der Waals surface area contributed by atoms with Gasteiger partial charge in [0.2, 0.25) is 0 Å². The number of nitrogens with zero attached hydrogens (tertiary/aromatic N) is 2. The van der Waals surface area contributed by atoms with Crippen LogP contribution in [-0.4, -0.2) is 56.8 Å². The van der Waals surface area contributed by atoms with Crippen molar-refractivity contribution in [2.75, 3.05) is 19.8 Å². The maximum absolute atomic E-state index is 12.5. The smallest absolute Gasteiger partial charge is 0.269 e. The summed E-state index contributed by atoms with van der Waals surface area (Å²) in [4.78, 5) is 15.7. The van der Waals surface area contributed by atoms with Crippen LogP contribution >= 0.6 is 0 Å². The maximum atomic E-state index is 12.5. The number of aromatic nitrogens is 3. The van der Waals surface area contributed by atoms with Gasteiger partial charge in [0.05, 0.1) is 11.8 Å². The van der Waals surface area contributed by atoms with Crippen molar-refractivity contribution in [2.24, 2.45) is 7.05 Å². The molecule has 33 heavy (non-hydrogen) atoms. The first-order valence-corrected chi connectivity index (χ1v) is 11.0. The standard InChI is InChI=1S/C25H29N5O3/c1-30-16-21(15-29-30)19-6-4-18(5-7-19)13-20(23-3-2-10-27-23)14-22(26)24(31)28-17-25(32)8-11-33-12-9-25/h2-7,10,14-16,26-27,32H,8-9,11-13,17H2,1H3,(H,28,31)/b20-14-,26-22?. The summed E-state index contributed by atoms with van der Waals surface area (Å²) in [6, 6.07) is 12.0. The summed E-state index contributed by atoms with van der Waals surface area (Å²) < 4.78 is 7.04. The molecule has 1 fully saturated rings. The van der Waals surface area contributed by atoms with E-state index < -0.39 is 11.5 Å². The van der Waals surface area contributed by atoms with E-state index in [1.807, 2.05) is 62.0 Å². The highest BCUT2D eigenvalue weighted by Gasteiger charge is 2.30. The van der Waals surface area contributed by atoms with Crippen LogP contribution in [0.5, 0.6) is 0 Å². The minimum Gasteiger partial charge on any atom is -0.388 e. The Balaban J connectivity index is 1.45. The summed E-state index contributed by atoms with van der Waals surface area (Å²) in [5, 5.41) is 25.8. The highest BCUT2D eigenvalue weighted by Crippen LogP contribution is 2.23. The number of benzene rings is 1. The van der Waals surface area contributed by atoms with Crippen LogP contribution in [0.15, 0.2) is 61.1 Å². The third-order valence-electron chi connectivity index (χ3n) is 5.90. The molecule has 0 spiro atoms. The lowest BCUT2D eigenvalue weighted by Crippen LogP contribution is -2.47. The molecule has 0 unspecified atom stereocenters. The molecule has 4 rings (SSSR count). The van der Waals surface area contributed by atoms with Gasteiger partial charge >= 0.3 is 0 Å². The lowest BCUT2D eigenvalue weighted by Gasteiger charge is -2.32. The van der Waals surface area contributed by atoms with Crippen LogP contribution in [0.25, 0.3) is 16.7 Å². The van der Waals surface area contributed by atoms with E-state index in [0.717, 1.165) is 28.0 Å². The predicted octanol–water partition coefficient (Wildman–Crippen LogP) is 2.72. The molecule has 2 aromatic heterocycles. The first-order valence-electron chi connectivity index (χ1n) is 11.0. The number of aromatic amines is 1. The molecule has 4 N–H and O–H groups in total. The summed E-state index contributed by atoms with van der Waals surface area (Å²) in [6.45, 7) is 1.06. The van der Waals surface area contributed by atoms with E-state index in [4.69, 9.17) is 10.1 Å². The summed E-state index contributed by atoms with van der Waals surface area (Å²) in [5.74, 6) is -0.508. The second-order valence-electron chi connectivity index (χ2n) is 8.46. The normalized spacial score (nSPS) is 15.9. The largest absolute Gasteiger partial charge is 0.388 e. The zero-order chi connectivity index (χ0) is 23.3. The molecular weight excluding hydrogens is 418 g/mol. The second kappa shape index (κ2) is 9.97. The van der Waals surface area contributed by atoms with Crippen molar-refractivity contribution in [1.82, 2.24) is 20.1 Å². The van der Waals surface area contributed by atoms with Crippen LogP contribution < -0.4 is 5.32 Å². The van der Waals surface area contributed by atoms with Crippen molar-refractivity contribution in [3.05, 3.63) is 72.3 Å². The van der Waals surface area contributed by atoms with Gasteiger partial charge < -0.3 is 20.1 Å². The fourth-order valence-electron chi connectivity index (χ4n) is 3.87. The monoisotopic (exact) mass is 447 g/mol. The number of hydrogen-bond donors (Lipinski definition) is 4. The minimum atomic E-state index is -0.976. The van der Waals surface area contributed by atoms with Crippen LogP contribution in [0, 0.1) is 5.41 Å². The Bertz CT molecular complexity index is 1120. The highest BCUT2D eigenvalue weighted by molar-refractivity contribution is 6.43. The molecular formula is C25H29N5O3. The number of nitrogens with one attached hydrogen (secondary N) is 3. The molecule has 0 atom stereocenters. The molecule has 3 heterocycles. The van der Waals surface area contributed by atoms with Gasteiger partial charge in [-0.15, -0.1) is 0 Å². The van der Waals surface area contributed by atoms with Crippen LogP contribution in [0.4, 0.5) is 0 Å². The summed E-state index contributed by atoms with van der Waals surface area (Å²) >= 11 is 0. The Kier molecular flexibility index (Phi) is 6.86. The molecule has 1 saturated heterocycles. The first kappa shape index (κ1) is 22.7. The quantitative estimate of drug-likeness (QED) is 0.397. The molecule has 8 nitrogen and oxygen atoms in total. The number of rotatable bonds is 8. The van der Waals surface area contributed by atoms with Crippen LogP contribution in [0.1, 0.15) is 24.1 Å². The van der Waals surface area contributed by atoms with Gasteiger partial charge in [0.1, 0.15) is 5.71 Å². The zero-order valence-electron chi connectivity index (χ0n) is 18.7. The third kappa shape index (κ3) is 5.85. The fourth-order valence-corrected chi connectivity index (χ4v) is 3.87. The van der Waals surface area contributed by atoms with Gasteiger partial charge in [-0.25, -0.2) is 0 Å². The number of aryl methyl sites for hydroxylation is 1. The van der Waals surface area contributed by atoms with E-state index in [9.17, 15) is 9.90 Å². The number of H-pyrrole nitrogens is 1. The van der Waals surface area contributed by atoms with Crippen molar-refractivity contribution < 1.29 is 14.6 Å². The van der Waals surface area contributed by atoms with E-state index in [-0.39, 0.29) is 12.3 Å². The number of ether oxygens (including phenoxy) is 1. The average Bonchev–Trinajstić information content (AvgIpc) is 3.50. The molecule has 1 aromatic carbocycles. The van der Waals surface area contributed by atoms with Crippen LogP contribution in [-0.2, 0) is 23.0 Å². The molecule has 8 heteroatoms. The van der Waals surface area contributed by atoms with Gasteiger partial charge in [-0.3, -0.25) is 14.9 Å². The zero-order valence-corrected chi connectivity index (χ0v) is 18.7. The number of allylic oxidation sites excluding steroid dienone is 1. The van der Waals surface area contributed by atoms with Gasteiger partial charge in [0.25, 0.3) is 5.91 Å². The predicted molar refractivity (Wildman–Crippen MR) is 127 cm³/mol.